The van der Waals surface area contributed by atoms with Crippen molar-refractivity contribution in [3.05, 3.63) is 35.9 Å². The number of benzene rings is 1. The first kappa shape index (κ1) is 28.3. The van der Waals surface area contributed by atoms with Crippen LogP contribution in [0.2, 0.25) is 0 Å². The van der Waals surface area contributed by atoms with Crippen LogP contribution in [0.15, 0.2) is 30.3 Å². The standard InChI is InChI=1S/C25H41N3O5/c1-18(17-19-13-9-8-10-14-19)27-21(29)20(28-23(31)33-25(5,6)7)15-11-12-16-26-22(30)32-24(2,3)4/h8-10,13-14,18,20H,11-12,15-17H2,1-7H3,(H,26,30)(H,27,29)(H,28,31)/t18-,20+/m0/s1. The van der Waals surface area contributed by atoms with Crippen LogP contribution in [0.1, 0.15) is 73.3 Å². The third kappa shape index (κ3) is 14.1. The fourth-order valence-corrected chi connectivity index (χ4v) is 3.06. The van der Waals surface area contributed by atoms with E-state index in [2.05, 4.69) is 16.0 Å². The number of rotatable bonds is 10. The first-order chi connectivity index (χ1) is 15.2. The van der Waals surface area contributed by atoms with E-state index < -0.39 is 29.4 Å². The predicted octanol–water partition coefficient (Wildman–Crippen LogP) is 4.32. The number of carbonyl (C=O) groups is 3. The minimum Gasteiger partial charge on any atom is -0.444 e. The second kappa shape index (κ2) is 13.1. The molecule has 2 atom stereocenters. The molecule has 0 fully saturated rings. The van der Waals surface area contributed by atoms with Crippen molar-refractivity contribution in [1.29, 1.82) is 0 Å². The minimum atomic E-state index is -0.736. The molecular weight excluding hydrogens is 422 g/mol. The van der Waals surface area contributed by atoms with Gasteiger partial charge in [0.05, 0.1) is 0 Å². The summed E-state index contributed by atoms with van der Waals surface area (Å²) < 4.78 is 10.5. The Labute approximate surface area is 198 Å². The van der Waals surface area contributed by atoms with E-state index in [9.17, 15) is 14.4 Å². The van der Waals surface area contributed by atoms with Gasteiger partial charge >= 0.3 is 12.2 Å². The highest BCUT2D eigenvalue weighted by molar-refractivity contribution is 5.85. The van der Waals surface area contributed by atoms with Crippen LogP contribution < -0.4 is 16.0 Å². The lowest BCUT2D eigenvalue weighted by molar-refractivity contribution is -0.124. The Hall–Kier alpha value is -2.77. The van der Waals surface area contributed by atoms with Gasteiger partial charge in [0.1, 0.15) is 17.2 Å². The maximum atomic E-state index is 12.9. The fraction of sp³-hybridized carbons (Fsp3) is 0.640. The zero-order valence-electron chi connectivity index (χ0n) is 21.1. The van der Waals surface area contributed by atoms with Crippen LogP contribution in [0.4, 0.5) is 9.59 Å². The normalized spacial score (nSPS) is 13.4. The summed E-state index contributed by atoms with van der Waals surface area (Å²) in [4.78, 5) is 36.9. The molecular formula is C25H41N3O5. The van der Waals surface area contributed by atoms with Gasteiger partial charge in [-0.1, -0.05) is 30.3 Å². The van der Waals surface area contributed by atoms with E-state index in [-0.39, 0.29) is 11.9 Å². The van der Waals surface area contributed by atoms with Gasteiger partial charge < -0.3 is 25.4 Å². The molecule has 0 aliphatic rings. The van der Waals surface area contributed by atoms with E-state index in [0.717, 1.165) is 5.56 Å². The largest absolute Gasteiger partial charge is 0.444 e. The topological polar surface area (TPSA) is 106 Å². The van der Waals surface area contributed by atoms with Crippen LogP contribution in [0.5, 0.6) is 0 Å². The summed E-state index contributed by atoms with van der Waals surface area (Å²) >= 11 is 0. The molecule has 0 saturated heterocycles. The zero-order valence-corrected chi connectivity index (χ0v) is 21.1. The number of amides is 3. The van der Waals surface area contributed by atoms with Gasteiger partial charge in [-0.15, -0.1) is 0 Å². The van der Waals surface area contributed by atoms with Gasteiger partial charge in [0.2, 0.25) is 5.91 Å². The number of hydrogen-bond acceptors (Lipinski definition) is 5. The van der Waals surface area contributed by atoms with Crippen LogP contribution >= 0.6 is 0 Å². The SMILES string of the molecule is C[C@@H](Cc1ccccc1)NC(=O)[C@@H](CCCCNC(=O)OC(C)(C)C)NC(=O)OC(C)(C)C. The molecule has 0 radical (unpaired) electrons. The lowest BCUT2D eigenvalue weighted by Gasteiger charge is -2.24. The number of nitrogens with one attached hydrogen (secondary N) is 3. The molecule has 0 spiro atoms. The molecule has 8 heteroatoms. The number of unbranched alkanes of at least 4 members (excludes halogenated alkanes) is 1. The van der Waals surface area contributed by atoms with Crippen molar-refractivity contribution < 1.29 is 23.9 Å². The fourth-order valence-electron chi connectivity index (χ4n) is 3.06. The Balaban J connectivity index is 2.59. The van der Waals surface area contributed by atoms with Gasteiger partial charge in [0.15, 0.2) is 0 Å². The zero-order chi connectivity index (χ0) is 25.1. The highest BCUT2D eigenvalue weighted by Gasteiger charge is 2.25. The average Bonchev–Trinajstić information content (AvgIpc) is 2.64. The molecule has 0 saturated carbocycles. The molecule has 1 aromatic rings. The molecule has 1 rings (SSSR count). The van der Waals surface area contributed by atoms with Gasteiger partial charge in [-0.2, -0.15) is 0 Å². The minimum absolute atomic E-state index is 0.100. The molecule has 0 aromatic heterocycles. The van der Waals surface area contributed by atoms with E-state index in [0.29, 0.717) is 32.2 Å². The molecule has 0 heterocycles. The summed E-state index contributed by atoms with van der Waals surface area (Å²) in [6.45, 7) is 13.1. The maximum absolute atomic E-state index is 12.9. The molecule has 0 unspecified atom stereocenters. The van der Waals surface area contributed by atoms with Crippen LogP contribution in [-0.4, -0.2) is 47.9 Å². The number of carbonyl (C=O) groups excluding carboxylic acids is 3. The molecule has 3 N–H and O–H groups in total. The van der Waals surface area contributed by atoms with Gasteiger partial charge in [-0.3, -0.25) is 4.79 Å². The first-order valence-corrected chi connectivity index (χ1v) is 11.6. The van der Waals surface area contributed by atoms with E-state index in [1.165, 1.54) is 0 Å². The summed E-state index contributed by atoms with van der Waals surface area (Å²) in [5.41, 5.74) is -0.0976. The Bertz CT molecular complexity index is 754. The monoisotopic (exact) mass is 463 g/mol. The van der Waals surface area contributed by atoms with Crippen molar-refractivity contribution in [1.82, 2.24) is 16.0 Å². The summed E-state index contributed by atoms with van der Waals surface area (Å²) in [6, 6.07) is 9.05. The molecule has 0 aliphatic carbocycles. The van der Waals surface area contributed by atoms with E-state index >= 15 is 0 Å². The number of ether oxygens (including phenoxy) is 2. The summed E-state index contributed by atoms with van der Waals surface area (Å²) in [6.07, 6.45) is 1.25. The van der Waals surface area contributed by atoms with Crippen molar-refractivity contribution in [3.63, 3.8) is 0 Å². The molecule has 3 amide bonds. The van der Waals surface area contributed by atoms with E-state index in [1.54, 1.807) is 41.5 Å². The first-order valence-electron chi connectivity index (χ1n) is 11.6. The Morgan fingerprint density at radius 3 is 2.00 bits per heavy atom. The third-order valence-electron chi connectivity index (χ3n) is 4.37. The predicted molar refractivity (Wildman–Crippen MR) is 129 cm³/mol. The number of hydrogen-bond donors (Lipinski definition) is 3. The van der Waals surface area contributed by atoms with Crippen molar-refractivity contribution in [3.8, 4) is 0 Å². The van der Waals surface area contributed by atoms with Crippen molar-refractivity contribution in [2.45, 2.75) is 97.4 Å². The maximum Gasteiger partial charge on any atom is 0.408 e. The summed E-state index contributed by atoms with van der Waals surface area (Å²) in [5.74, 6) is -0.260. The smallest absolute Gasteiger partial charge is 0.408 e. The van der Waals surface area contributed by atoms with Crippen molar-refractivity contribution in [2.24, 2.45) is 0 Å². The average molecular weight is 464 g/mol. The Morgan fingerprint density at radius 1 is 0.848 bits per heavy atom. The van der Waals surface area contributed by atoms with Crippen LogP contribution in [0.3, 0.4) is 0 Å². The summed E-state index contributed by atoms with van der Waals surface area (Å²) in [5, 5.41) is 8.37. The third-order valence-corrected chi connectivity index (χ3v) is 4.37. The van der Waals surface area contributed by atoms with Gasteiger partial charge in [0, 0.05) is 12.6 Å². The van der Waals surface area contributed by atoms with E-state index in [4.69, 9.17) is 9.47 Å². The van der Waals surface area contributed by atoms with Gasteiger partial charge in [0.25, 0.3) is 0 Å². The van der Waals surface area contributed by atoms with Crippen LogP contribution in [0, 0.1) is 0 Å². The van der Waals surface area contributed by atoms with Crippen molar-refractivity contribution >= 4 is 18.1 Å². The van der Waals surface area contributed by atoms with E-state index in [1.807, 2.05) is 37.3 Å². The quantitative estimate of drug-likeness (QED) is 0.448. The molecule has 0 bridgehead atoms. The molecule has 1 aromatic carbocycles. The van der Waals surface area contributed by atoms with Crippen molar-refractivity contribution in [2.75, 3.05) is 6.54 Å². The number of alkyl carbamates (subject to hydrolysis) is 2. The molecule has 0 aliphatic heterocycles. The molecule has 8 nitrogen and oxygen atoms in total. The van der Waals surface area contributed by atoms with Gasteiger partial charge in [-0.25, -0.2) is 9.59 Å². The second-order valence-electron chi connectivity index (χ2n) is 10.2. The second-order valence-corrected chi connectivity index (χ2v) is 10.2. The highest BCUT2D eigenvalue weighted by Crippen LogP contribution is 2.10. The van der Waals surface area contributed by atoms with Crippen LogP contribution in [-0.2, 0) is 20.7 Å². The molecule has 186 valence electrons. The molecule has 33 heavy (non-hydrogen) atoms. The van der Waals surface area contributed by atoms with Crippen LogP contribution in [0.25, 0.3) is 0 Å². The highest BCUT2D eigenvalue weighted by atomic mass is 16.6. The van der Waals surface area contributed by atoms with Gasteiger partial charge in [-0.05, 0) is 79.7 Å². The summed E-state index contributed by atoms with van der Waals surface area (Å²) in [7, 11) is 0. The Kier molecular flexibility index (Phi) is 11.2. The lowest BCUT2D eigenvalue weighted by atomic mass is 10.1. The lowest BCUT2D eigenvalue weighted by Crippen LogP contribution is -2.50. The Morgan fingerprint density at radius 2 is 1.42 bits per heavy atom.